The predicted octanol–water partition coefficient (Wildman–Crippen LogP) is -0.116. The van der Waals surface area contributed by atoms with E-state index in [-0.39, 0.29) is 11.6 Å². The number of aromatic nitrogens is 4. The van der Waals surface area contributed by atoms with Crippen LogP contribution in [0.5, 0.6) is 0 Å². The Morgan fingerprint density at radius 1 is 1.47 bits per heavy atom. The van der Waals surface area contributed by atoms with Gasteiger partial charge in [0, 0.05) is 12.7 Å². The zero-order chi connectivity index (χ0) is 12.1. The summed E-state index contributed by atoms with van der Waals surface area (Å²) in [5.74, 6) is 0.137. The average molecular weight is 232 g/mol. The van der Waals surface area contributed by atoms with Crippen molar-refractivity contribution in [1.29, 1.82) is 0 Å². The van der Waals surface area contributed by atoms with Crippen molar-refractivity contribution in [2.24, 2.45) is 5.73 Å². The van der Waals surface area contributed by atoms with Crippen molar-refractivity contribution in [2.45, 2.75) is 6.54 Å². The molecule has 0 saturated carbocycles. The lowest BCUT2D eigenvalue weighted by molar-refractivity contribution is 0.102. The third-order valence-electron chi connectivity index (χ3n) is 2.04. The Hall–Kier alpha value is -2.28. The molecule has 3 N–H and O–H groups in total. The van der Waals surface area contributed by atoms with Crippen LogP contribution in [-0.4, -0.2) is 32.4 Å². The summed E-state index contributed by atoms with van der Waals surface area (Å²) in [5.41, 5.74) is 5.61. The highest BCUT2D eigenvalue weighted by Gasteiger charge is 2.10. The van der Waals surface area contributed by atoms with Gasteiger partial charge in [0.1, 0.15) is 5.82 Å². The van der Waals surface area contributed by atoms with Gasteiger partial charge in [-0.05, 0) is 12.1 Å². The zero-order valence-corrected chi connectivity index (χ0v) is 9.08. The van der Waals surface area contributed by atoms with Crippen molar-refractivity contribution in [2.75, 3.05) is 11.9 Å². The van der Waals surface area contributed by atoms with E-state index >= 15 is 0 Å². The van der Waals surface area contributed by atoms with Gasteiger partial charge in [-0.3, -0.25) is 9.48 Å². The summed E-state index contributed by atoms with van der Waals surface area (Å²) in [4.78, 5) is 15.7. The number of nitrogens with zero attached hydrogens (tertiary/aromatic N) is 4. The van der Waals surface area contributed by atoms with E-state index < -0.39 is 0 Å². The molecule has 2 aromatic rings. The summed E-state index contributed by atoms with van der Waals surface area (Å²) in [5, 5.41) is 10.1. The minimum Gasteiger partial charge on any atom is -0.329 e. The molecule has 1 amide bonds. The Morgan fingerprint density at radius 3 is 3.06 bits per heavy atom. The van der Waals surface area contributed by atoms with E-state index in [2.05, 4.69) is 20.6 Å². The SMILES string of the molecule is NCCn1cc(C(=O)Nc2ccccn2)nn1. The van der Waals surface area contributed by atoms with Crippen LogP contribution >= 0.6 is 0 Å². The van der Waals surface area contributed by atoms with Gasteiger partial charge in [-0.15, -0.1) is 5.10 Å². The van der Waals surface area contributed by atoms with Gasteiger partial charge in [-0.1, -0.05) is 11.3 Å². The van der Waals surface area contributed by atoms with Crippen LogP contribution in [0.3, 0.4) is 0 Å². The monoisotopic (exact) mass is 232 g/mol. The van der Waals surface area contributed by atoms with Crippen molar-refractivity contribution >= 4 is 11.7 Å². The van der Waals surface area contributed by atoms with Crippen molar-refractivity contribution in [3.05, 3.63) is 36.3 Å². The van der Waals surface area contributed by atoms with E-state index in [4.69, 9.17) is 5.73 Å². The van der Waals surface area contributed by atoms with E-state index in [1.807, 2.05) is 0 Å². The summed E-state index contributed by atoms with van der Waals surface area (Å²) in [6, 6.07) is 5.25. The van der Waals surface area contributed by atoms with E-state index in [1.165, 1.54) is 4.68 Å². The number of pyridine rings is 1. The molecule has 2 aromatic heterocycles. The van der Waals surface area contributed by atoms with Gasteiger partial charge in [-0.2, -0.15) is 0 Å². The molecule has 0 atom stereocenters. The Morgan fingerprint density at radius 2 is 2.35 bits per heavy atom. The molecular formula is C10H12N6O. The maximum atomic E-state index is 11.7. The molecule has 0 unspecified atom stereocenters. The van der Waals surface area contributed by atoms with E-state index in [9.17, 15) is 4.79 Å². The number of nitrogens with two attached hydrogens (primary N) is 1. The number of carbonyl (C=O) groups excluding carboxylic acids is 1. The van der Waals surface area contributed by atoms with Crippen LogP contribution in [0, 0.1) is 0 Å². The highest BCUT2D eigenvalue weighted by molar-refractivity contribution is 6.01. The van der Waals surface area contributed by atoms with Crippen LogP contribution in [0.2, 0.25) is 0 Å². The lowest BCUT2D eigenvalue weighted by atomic mass is 10.4. The largest absolute Gasteiger partial charge is 0.329 e. The summed E-state index contributed by atoms with van der Waals surface area (Å²) >= 11 is 0. The molecule has 0 radical (unpaired) electrons. The summed E-state index contributed by atoms with van der Waals surface area (Å²) in [7, 11) is 0. The molecule has 0 spiro atoms. The fraction of sp³-hybridized carbons (Fsp3) is 0.200. The highest BCUT2D eigenvalue weighted by atomic mass is 16.2. The molecule has 0 saturated heterocycles. The molecule has 0 aliphatic rings. The lowest BCUT2D eigenvalue weighted by Crippen LogP contribution is -2.13. The normalized spacial score (nSPS) is 10.2. The van der Waals surface area contributed by atoms with Gasteiger partial charge in [0.2, 0.25) is 0 Å². The third-order valence-corrected chi connectivity index (χ3v) is 2.04. The number of anilines is 1. The fourth-order valence-electron chi connectivity index (χ4n) is 1.26. The second-order valence-corrected chi connectivity index (χ2v) is 3.32. The van der Waals surface area contributed by atoms with Crippen LogP contribution in [0.4, 0.5) is 5.82 Å². The van der Waals surface area contributed by atoms with Gasteiger partial charge in [-0.25, -0.2) is 4.98 Å². The van der Waals surface area contributed by atoms with Gasteiger partial charge in [0.25, 0.3) is 5.91 Å². The molecule has 0 aromatic carbocycles. The molecule has 2 rings (SSSR count). The van der Waals surface area contributed by atoms with Crippen LogP contribution in [-0.2, 0) is 6.54 Å². The maximum Gasteiger partial charge on any atom is 0.278 e. The van der Waals surface area contributed by atoms with Crippen molar-refractivity contribution < 1.29 is 4.79 Å². The molecule has 0 aliphatic carbocycles. The van der Waals surface area contributed by atoms with Gasteiger partial charge in [0.15, 0.2) is 5.69 Å². The molecule has 7 nitrogen and oxygen atoms in total. The van der Waals surface area contributed by atoms with Crippen molar-refractivity contribution in [1.82, 2.24) is 20.0 Å². The molecule has 2 heterocycles. The smallest absolute Gasteiger partial charge is 0.278 e. The first-order chi connectivity index (χ1) is 8.29. The molecular weight excluding hydrogens is 220 g/mol. The molecule has 7 heteroatoms. The van der Waals surface area contributed by atoms with Crippen LogP contribution in [0.1, 0.15) is 10.5 Å². The number of hydrogen-bond acceptors (Lipinski definition) is 5. The number of amides is 1. The number of nitrogens with one attached hydrogen (secondary N) is 1. The summed E-state index contributed by atoms with van der Waals surface area (Å²) < 4.78 is 1.52. The standard InChI is InChI=1S/C10H12N6O/c11-4-6-16-7-8(14-15-16)10(17)13-9-3-1-2-5-12-9/h1-3,5,7H,4,6,11H2,(H,12,13,17). The predicted molar refractivity (Wildman–Crippen MR) is 61.3 cm³/mol. The molecule has 17 heavy (non-hydrogen) atoms. The van der Waals surface area contributed by atoms with E-state index in [0.29, 0.717) is 18.9 Å². The highest BCUT2D eigenvalue weighted by Crippen LogP contribution is 2.02. The van der Waals surface area contributed by atoms with Gasteiger partial charge in [0.05, 0.1) is 12.7 Å². The first-order valence-electron chi connectivity index (χ1n) is 5.12. The third kappa shape index (κ3) is 2.85. The average Bonchev–Trinajstić information content (AvgIpc) is 2.79. The second-order valence-electron chi connectivity index (χ2n) is 3.32. The summed E-state index contributed by atoms with van der Waals surface area (Å²) in [6.07, 6.45) is 3.14. The number of carbonyl (C=O) groups is 1. The Balaban J connectivity index is 2.04. The van der Waals surface area contributed by atoms with E-state index in [1.54, 1.807) is 30.6 Å². The van der Waals surface area contributed by atoms with Crippen LogP contribution in [0.25, 0.3) is 0 Å². The van der Waals surface area contributed by atoms with Crippen molar-refractivity contribution in [3.8, 4) is 0 Å². The fourth-order valence-corrected chi connectivity index (χ4v) is 1.26. The van der Waals surface area contributed by atoms with Crippen LogP contribution < -0.4 is 11.1 Å². The molecule has 88 valence electrons. The van der Waals surface area contributed by atoms with Gasteiger partial charge < -0.3 is 11.1 Å². The minimum atomic E-state index is -0.341. The second kappa shape index (κ2) is 5.17. The van der Waals surface area contributed by atoms with Gasteiger partial charge >= 0.3 is 0 Å². The zero-order valence-electron chi connectivity index (χ0n) is 9.08. The first-order valence-corrected chi connectivity index (χ1v) is 5.12. The first kappa shape index (κ1) is 11.2. The number of rotatable bonds is 4. The summed E-state index contributed by atoms with van der Waals surface area (Å²) in [6.45, 7) is 0.981. The number of hydrogen-bond donors (Lipinski definition) is 2. The molecule has 0 fully saturated rings. The topological polar surface area (TPSA) is 98.7 Å². The maximum absolute atomic E-state index is 11.7. The van der Waals surface area contributed by atoms with Crippen molar-refractivity contribution in [3.63, 3.8) is 0 Å². The molecule has 0 bridgehead atoms. The van der Waals surface area contributed by atoms with Crippen LogP contribution in [0.15, 0.2) is 30.6 Å². The minimum absolute atomic E-state index is 0.240. The lowest BCUT2D eigenvalue weighted by Gasteiger charge is -1.99. The van der Waals surface area contributed by atoms with E-state index in [0.717, 1.165) is 0 Å². The Bertz CT molecular complexity index is 495. The Labute approximate surface area is 97.6 Å². The quantitative estimate of drug-likeness (QED) is 0.766. The Kier molecular flexibility index (Phi) is 3.41. The molecule has 0 aliphatic heterocycles.